The molecule has 2 rings (SSSR count). The van der Waals surface area contributed by atoms with Crippen molar-refractivity contribution in [2.75, 3.05) is 14.2 Å². The Morgan fingerprint density at radius 1 is 1.40 bits per heavy atom. The molecule has 0 aromatic heterocycles. The number of allylic oxidation sites excluding steroid dienone is 2. The molecule has 0 bridgehead atoms. The van der Waals surface area contributed by atoms with Crippen LogP contribution in [-0.2, 0) is 27.3 Å². The summed E-state index contributed by atoms with van der Waals surface area (Å²) < 4.78 is 15.2. The molecular formula is C19H24O6. The summed E-state index contributed by atoms with van der Waals surface area (Å²) in [5.41, 5.74) is 3.22. The van der Waals surface area contributed by atoms with E-state index in [1.165, 1.54) is 14.2 Å². The minimum atomic E-state index is -0.514. The first-order chi connectivity index (χ1) is 11.8. The van der Waals surface area contributed by atoms with E-state index in [1.807, 2.05) is 19.9 Å². The molecule has 1 heterocycles. The number of methoxy groups -OCH3 is 2. The molecule has 1 N–H and O–H groups in total. The molecule has 1 aliphatic rings. The van der Waals surface area contributed by atoms with Crippen molar-refractivity contribution in [3.05, 3.63) is 33.9 Å². The number of rotatable bonds is 6. The van der Waals surface area contributed by atoms with Crippen LogP contribution in [0.2, 0.25) is 0 Å². The third kappa shape index (κ3) is 3.62. The molecule has 0 amide bonds. The quantitative estimate of drug-likeness (QED) is 0.628. The molecule has 0 fully saturated rings. The fraction of sp³-hybridized carbons (Fsp3) is 0.474. The lowest BCUT2D eigenvalue weighted by molar-refractivity contribution is -0.144. The van der Waals surface area contributed by atoms with Crippen LogP contribution >= 0.6 is 0 Å². The molecule has 0 aliphatic carbocycles. The molecule has 136 valence electrons. The number of hydrogen-bond donors (Lipinski definition) is 1. The first-order valence-corrected chi connectivity index (χ1v) is 8.13. The maximum absolute atomic E-state index is 11.9. The van der Waals surface area contributed by atoms with Crippen LogP contribution in [0.25, 0.3) is 0 Å². The second-order valence-corrected chi connectivity index (χ2v) is 6.30. The zero-order valence-electron chi connectivity index (χ0n) is 15.3. The number of fused-ring (bicyclic) bond motifs is 1. The average Bonchev–Trinajstić information content (AvgIpc) is 2.98. The molecule has 0 saturated carbocycles. The largest absolute Gasteiger partial charge is 0.507 e. The molecule has 25 heavy (non-hydrogen) atoms. The summed E-state index contributed by atoms with van der Waals surface area (Å²) in [6, 6.07) is 0. The van der Waals surface area contributed by atoms with E-state index in [1.54, 1.807) is 6.92 Å². The number of ether oxygens (including phenoxy) is 3. The molecule has 0 spiro atoms. The Morgan fingerprint density at radius 2 is 2.08 bits per heavy atom. The van der Waals surface area contributed by atoms with Gasteiger partial charge in [-0.1, -0.05) is 18.6 Å². The minimum Gasteiger partial charge on any atom is -0.507 e. The van der Waals surface area contributed by atoms with E-state index in [9.17, 15) is 14.7 Å². The van der Waals surface area contributed by atoms with Crippen LogP contribution in [0.1, 0.15) is 47.3 Å². The third-order valence-corrected chi connectivity index (χ3v) is 4.53. The zero-order valence-corrected chi connectivity index (χ0v) is 15.3. The minimum absolute atomic E-state index is 0.0926. The van der Waals surface area contributed by atoms with Gasteiger partial charge in [0.2, 0.25) is 0 Å². The second kappa shape index (κ2) is 7.59. The van der Waals surface area contributed by atoms with E-state index in [4.69, 9.17) is 14.2 Å². The van der Waals surface area contributed by atoms with E-state index in [-0.39, 0.29) is 29.8 Å². The Balaban J connectivity index is 2.32. The van der Waals surface area contributed by atoms with Crippen LogP contribution < -0.4 is 4.74 Å². The lowest BCUT2D eigenvalue weighted by atomic mass is 9.94. The summed E-state index contributed by atoms with van der Waals surface area (Å²) in [6.45, 7) is 5.71. The SMILES string of the molecule is COC(=O)[C@@H](C)C/C(C)=C/Cc1c(O)c2c(c(C)c1OC)COC2=O. The molecule has 1 aliphatic heterocycles. The lowest BCUT2D eigenvalue weighted by Gasteiger charge is -2.16. The van der Waals surface area contributed by atoms with Gasteiger partial charge in [0.05, 0.1) is 20.1 Å². The number of carbonyl (C=O) groups excluding carboxylic acids is 2. The number of phenols is 1. The Labute approximate surface area is 147 Å². The number of carbonyl (C=O) groups is 2. The van der Waals surface area contributed by atoms with Crippen LogP contribution in [0.3, 0.4) is 0 Å². The molecule has 6 nitrogen and oxygen atoms in total. The van der Waals surface area contributed by atoms with Gasteiger partial charge in [-0.2, -0.15) is 0 Å². The van der Waals surface area contributed by atoms with Crippen LogP contribution in [0.15, 0.2) is 11.6 Å². The van der Waals surface area contributed by atoms with Gasteiger partial charge in [-0.05, 0) is 32.3 Å². The summed E-state index contributed by atoms with van der Waals surface area (Å²) >= 11 is 0. The number of esters is 2. The maximum atomic E-state index is 11.9. The highest BCUT2D eigenvalue weighted by atomic mass is 16.5. The number of hydrogen-bond acceptors (Lipinski definition) is 6. The van der Waals surface area contributed by atoms with Gasteiger partial charge >= 0.3 is 11.9 Å². The van der Waals surface area contributed by atoms with Crippen molar-refractivity contribution < 1.29 is 28.9 Å². The highest BCUT2D eigenvalue weighted by Gasteiger charge is 2.31. The highest BCUT2D eigenvalue weighted by Crippen LogP contribution is 2.42. The van der Waals surface area contributed by atoms with Crippen molar-refractivity contribution in [2.24, 2.45) is 5.92 Å². The molecule has 6 heteroatoms. The smallest absolute Gasteiger partial charge is 0.342 e. The Hall–Kier alpha value is -2.50. The van der Waals surface area contributed by atoms with Crippen molar-refractivity contribution >= 4 is 11.9 Å². The second-order valence-electron chi connectivity index (χ2n) is 6.30. The summed E-state index contributed by atoms with van der Waals surface area (Å²) in [4.78, 5) is 23.4. The number of benzene rings is 1. The van der Waals surface area contributed by atoms with E-state index in [0.29, 0.717) is 29.7 Å². The Bertz CT molecular complexity index is 732. The van der Waals surface area contributed by atoms with Crippen molar-refractivity contribution in [3.8, 4) is 11.5 Å². The molecule has 0 radical (unpaired) electrons. The zero-order chi connectivity index (χ0) is 18.7. The topological polar surface area (TPSA) is 82.1 Å². The van der Waals surface area contributed by atoms with Crippen LogP contribution in [0.5, 0.6) is 11.5 Å². The number of aromatic hydroxyl groups is 1. The summed E-state index contributed by atoms with van der Waals surface area (Å²) in [6.07, 6.45) is 2.86. The van der Waals surface area contributed by atoms with Gasteiger partial charge in [0.15, 0.2) is 0 Å². The first-order valence-electron chi connectivity index (χ1n) is 8.13. The van der Waals surface area contributed by atoms with Gasteiger partial charge in [-0.25, -0.2) is 4.79 Å². The van der Waals surface area contributed by atoms with Gasteiger partial charge < -0.3 is 19.3 Å². The summed E-state index contributed by atoms with van der Waals surface area (Å²) in [5.74, 6) is -0.554. The van der Waals surface area contributed by atoms with E-state index < -0.39 is 5.97 Å². The number of cyclic esters (lactones) is 1. The Kier molecular flexibility index (Phi) is 5.72. The predicted octanol–water partition coefficient (Wildman–Crippen LogP) is 3.07. The third-order valence-electron chi connectivity index (χ3n) is 4.53. The normalized spacial score (nSPS) is 14.8. The highest BCUT2D eigenvalue weighted by molar-refractivity contribution is 5.98. The van der Waals surface area contributed by atoms with Crippen molar-refractivity contribution in [1.82, 2.24) is 0 Å². The number of phenolic OH excluding ortho intramolecular Hbond substituents is 1. The maximum Gasteiger partial charge on any atom is 0.342 e. The van der Waals surface area contributed by atoms with Gasteiger partial charge in [0.25, 0.3) is 0 Å². The van der Waals surface area contributed by atoms with Crippen LogP contribution in [0, 0.1) is 12.8 Å². The van der Waals surface area contributed by atoms with Crippen LogP contribution in [-0.4, -0.2) is 31.3 Å². The fourth-order valence-corrected chi connectivity index (χ4v) is 3.16. The molecule has 1 atom stereocenters. The standard InChI is InChI=1S/C19H24O6/c1-10(8-11(2)18(21)24-5)6-7-13-16(20)15-14(9-25-19(15)22)12(3)17(13)23-4/h6,11,20H,7-9H2,1-5H3/b10-6+/t11-/m0/s1. The predicted molar refractivity (Wildman–Crippen MR) is 91.8 cm³/mol. The lowest BCUT2D eigenvalue weighted by Crippen LogP contribution is -2.12. The molecule has 0 saturated heterocycles. The van der Waals surface area contributed by atoms with E-state index >= 15 is 0 Å². The summed E-state index contributed by atoms with van der Waals surface area (Å²) in [7, 11) is 2.90. The van der Waals surface area contributed by atoms with Gasteiger partial charge in [-0.15, -0.1) is 0 Å². The molecular weight excluding hydrogens is 324 g/mol. The molecule has 1 aromatic carbocycles. The monoisotopic (exact) mass is 348 g/mol. The molecule has 0 unspecified atom stereocenters. The fourth-order valence-electron chi connectivity index (χ4n) is 3.16. The van der Waals surface area contributed by atoms with Gasteiger partial charge in [-0.3, -0.25) is 4.79 Å². The Morgan fingerprint density at radius 3 is 2.68 bits per heavy atom. The van der Waals surface area contributed by atoms with Gasteiger partial charge in [0.1, 0.15) is 23.7 Å². The van der Waals surface area contributed by atoms with E-state index in [2.05, 4.69) is 0 Å². The van der Waals surface area contributed by atoms with Crippen molar-refractivity contribution in [3.63, 3.8) is 0 Å². The molecule has 1 aromatic rings. The van der Waals surface area contributed by atoms with E-state index in [0.717, 1.165) is 11.1 Å². The van der Waals surface area contributed by atoms with Crippen LogP contribution in [0.4, 0.5) is 0 Å². The average molecular weight is 348 g/mol. The first kappa shape index (κ1) is 18.8. The van der Waals surface area contributed by atoms with Crippen molar-refractivity contribution in [1.29, 1.82) is 0 Å². The van der Waals surface area contributed by atoms with Crippen molar-refractivity contribution in [2.45, 2.75) is 40.2 Å². The summed E-state index contributed by atoms with van der Waals surface area (Å²) in [5, 5.41) is 10.6. The van der Waals surface area contributed by atoms with Gasteiger partial charge in [0, 0.05) is 11.1 Å².